The zero-order valence-electron chi connectivity index (χ0n) is 6.52. The molecule has 58 valence electrons. The Hall–Kier alpha value is -0.520. The molecule has 1 atom stereocenters. The Morgan fingerprint density at radius 3 is 2.50 bits per heavy atom. The molecular weight excluding hydrogens is 128 g/mol. The molecule has 2 nitrogen and oxygen atoms in total. The molecule has 0 heterocycles. The molecule has 0 aromatic carbocycles. The van der Waals surface area contributed by atoms with Crippen LogP contribution in [0.1, 0.15) is 26.7 Å². The molecule has 1 unspecified atom stereocenters. The fraction of sp³-hybridized carbons (Fsp3) is 0.750. The van der Waals surface area contributed by atoms with E-state index in [4.69, 9.17) is 5.11 Å². The van der Waals surface area contributed by atoms with Crippen molar-refractivity contribution < 1.29 is 10.2 Å². The van der Waals surface area contributed by atoms with E-state index in [0.717, 1.165) is 6.42 Å². The summed E-state index contributed by atoms with van der Waals surface area (Å²) in [6.07, 6.45) is 1.55. The predicted octanol–water partition coefficient (Wildman–Crippen LogP) is 0.533. The quantitative estimate of drug-likeness (QED) is 0.552. The van der Waals surface area contributed by atoms with Crippen LogP contribution in [-0.4, -0.2) is 22.4 Å². The summed E-state index contributed by atoms with van der Waals surface area (Å²) < 4.78 is 0. The van der Waals surface area contributed by atoms with Crippen molar-refractivity contribution in [3.63, 3.8) is 0 Å². The van der Waals surface area contributed by atoms with E-state index in [-0.39, 0.29) is 6.61 Å². The Morgan fingerprint density at radius 1 is 1.50 bits per heavy atom. The molecule has 0 aliphatic rings. The molecule has 0 aliphatic heterocycles. The maximum atomic E-state index is 9.36. The lowest BCUT2D eigenvalue weighted by Crippen LogP contribution is -2.20. The van der Waals surface area contributed by atoms with Crippen LogP contribution in [0.3, 0.4) is 0 Å². The molecule has 0 bridgehead atoms. The van der Waals surface area contributed by atoms with E-state index in [1.54, 1.807) is 6.92 Å². The first-order chi connectivity index (χ1) is 4.62. The van der Waals surface area contributed by atoms with Gasteiger partial charge in [-0.05, 0) is 13.3 Å². The van der Waals surface area contributed by atoms with Crippen LogP contribution in [0.15, 0.2) is 0 Å². The average molecular weight is 142 g/mol. The van der Waals surface area contributed by atoms with Gasteiger partial charge in [-0.1, -0.05) is 25.2 Å². The normalized spacial score (nSPS) is 15.2. The second-order valence-electron chi connectivity index (χ2n) is 2.48. The molecule has 0 radical (unpaired) electrons. The van der Waals surface area contributed by atoms with Gasteiger partial charge in [0.25, 0.3) is 0 Å². The smallest absolute Gasteiger partial charge is 0.122 e. The zero-order chi connectivity index (χ0) is 8.04. The second-order valence-corrected chi connectivity index (χ2v) is 2.48. The highest BCUT2D eigenvalue weighted by Crippen LogP contribution is 2.08. The van der Waals surface area contributed by atoms with E-state index in [2.05, 4.69) is 11.8 Å². The van der Waals surface area contributed by atoms with E-state index < -0.39 is 5.60 Å². The van der Waals surface area contributed by atoms with Crippen LogP contribution >= 0.6 is 0 Å². The minimum absolute atomic E-state index is 0.181. The van der Waals surface area contributed by atoms with Gasteiger partial charge in [0.2, 0.25) is 0 Å². The summed E-state index contributed by atoms with van der Waals surface area (Å²) in [6.45, 7) is 3.45. The van der Waals surface area contributed by atoms with Gasteiger partial charge in [0.15, 0.2) is 0 Å². The number of rotatable bonds is 2. The molecule has 0 amide bonds. The van der Waals surface area contributed by atoms with Gasteiger partial charge in [-0.2, -0.15) is 0 Å². The first-order valence-electron chi connectivity index (χ1n) is 3.45. The van der Waals surface area contributed by atoms with Crippen molar-refractivity contribution >= 4 is 0 Å². The second kappa shape index (κ2) is 4.32. The Bertz CT molecular complexity index is 139. The van der Waals surface area contributed by atoms with E-state index in [9.17, 15) is 5.11 Å². The van der Waals surface area contributed by atoms with Crippen LogP contribution in [0.2, 0.25) is 0 Å². The van der Waals surface area contributed by atoms with Crippen molar-refractivity contribution in [1.29, 1.82) is 0 Å². The Kier molecular flexibility index (Phi) is 4.10. The van der Waals surface area contributed by atoms with Crippen LogP contribution in [0.5, 0.6) is 0 Å². The summed E-state index contributed by atoms with van der Waals surface area (Å²) in [4.78, 5) is 0. The molecular formula is C8H14O2. The van der Waals surface area contributed by atoms with Crippen LogP contribution in [-0.2, 0) is 0 Å². The largest absolute Gasteiger partial charge is 0.384 e. The molecule has 0 saturated heterocycles. The molecule has 2 heteroatoms. The monoisotopic (exact) mass is 142 g/mol. The maximum Gasteiger partial charge on any atom is 0.122 e. The molecule has 0 spiro atoms. The lowest BCUT2D eigenvalue weighted by Gasteiger charge is -2.13. The molecule has 0 rings (SSSR count). The van der Waals surface area contributed by atoms with Gasteiger partial charge in [0.05, 0.1) is 0 Å². The highest BCUT2D eigenvalue weighted by molar-refractivity contribution is 5.11. The SMILES string of the molecule is CCCC(C)(O)C#CCO. The van der Waals surface area contributed by atoms with Crippen molar-refractivity contribution in [3.05, 3.63) is 0 Å². The highest BCUT2D eigenvalue weighted by Gasteiger charge is 2.13. The average Bonchev–Trinajstić information content (AvgIpc) is 1.84. The van der Waals surface area contributed by atoms with Crippen molar-refractivity contribution in [3.8, 4) is 11.8 Å². The first-order valence-corrected chi connectivity index (χ1v) is 3.45. The fourth-order valence-corrected chi connectivity index (χ4v) is 0.779. The first kappa shape index (κ1) is 9.48. The van der Waals surface area contributed by atoms with Crippen LogP contribution in [0, 0.1) is 11.8 Å². The van der Waals surface area contributed by atoms with Crippen molar-refractivity contribution in [2.24, 2.45) is 0 Å². The minimum Gasteiger partial charge on any atom is -0.384 e. The number of aliphatic hydroxyl groups is 2. The molecule has 0 saturated carbocycles. The molecule has 10 heavy (non-hydrogen) atoms. The molecule has 0 aromatic rings. The zero-order valence-corrected chi connectivity index (χ0v) is 6.52. The van der Waals surface area contributed by atoms with E-state index in [1.165, 1.54) is 0 Å². The highest BCUT2D eigenvalue weighted by atomic mass is 16.3. The molecule has 0 aromatic heterocycles. The van der Waals surface area contributed by atoms with Crippen LogP contribution in [0.25, 0.3) is 0 Å². The minimum atomic E-state index is -0.919. The fourth-order valence-electron chi connectivity index (χ4n) is 0.779. The van der Waals surface area contributed by atoms with E-state index in [0.29, 0.717) is 6.42 Å². The molecule has 0 fully saturated rings. The van der Waals surface area contributed by atoms with Gasteiger partial charge in [0, 0.05) is 0 Å². The van der Waals surface area contributed by atoms with E-state index >= 15 is 0 Å². The summed E-state index contributed by atoms with van der Waals surface area (Å²) in [6, 6.07) is 0. The molecule has 2 N–H and O–H groups in total. The lowest BCUT2D eigenvalue weighted by atomic mass is 10.0. The van der Waals surface area contributed by atoms with Crippen molar-refractivity contribution in [1.82, 2.24) is 0 Å². The standard InChI is InChI=1S/C8H14O2/c1-3-5-8(2,10)6-4-7-9/h9-10H,3,5,7H2,1-2H3. The predicted molar refractivity (Wildman–Crippen MR) is 40.4 cm³/mol. The molecule has 0 aliphatic carbocycles. The van der Waals surface area contributed by atoms with Gasteiger partial charge in [0.1, 0.15) is 12.2 Å². The summed E-state index contributed by atoms with van der Waals surface area (Å²) in [5, 5.41) is 17.7. The topological polar surface area (TPSA) is 40.5 Å². The lowest BCUT2D eigenvalue weighted by molar-refractivity contribution is 0.111. The van der Waals surface area contributed by atoms with Gasteiger partial charge >= 0.3 is 0 Å². The number of aliphatic hydroxyl groups excluding tert-OH is 1. The Morgan fingerprint density at radius 2 is 2.10 bits per heavy atom. The number of hydrogen-bond donors (Lipinski definition) is 2. The summed E-state index contributed by atoms with van der Waals surface area (Å²) >= 11 is 0. The van der Waals surface area contributed by atoms with Crippen molar-refractivity contribution in [2.45, 2.75) is 32.3 Å². The van der Waals surface area contributed by atoms with Crippen LogP contribution < -0.4 is 0 Å². The summed E-state index contributed by atoms with van der Waals surface area (Å²) in [7, 11) is 0. The Balaban J connectivity index is 3.85. The summed E-state index contributed by atoms with van der Waals surface area (Å²) in [5.74, 6) is 4.99. The van der Waals surface area contributed by atoms with E-state index in [1.807, 2.05) is 6.92 Å². The van der Waals surface area contributed by atoms with Crippen molar-refractivity contribution in [2.75, 3.05) is 6.61 Å². The van der Waals surface area contributed by atoms with Gasteiger partial charge < -0.3 is 10.2 Å². The van der Waals surface area contributed by atoms with Gasteiger partial charge in [-0.25, -0.2) is 0 Å². The number of hydrogen-bond acceptors (Lipinski definition) is 2. The maximum absolute atomic E-state index is 9.36. The third-order valence-electron chi connectivity index (χ3n) is 1.17. The third kappa shape index (κ3) is 4.37. The summed E-state index contributed by atoms with van der Waals surface area (Å²) in [5.41, 5.74) is -0.919. The van der Waals surface area contributed by atoms with Gasteiger partial charge in [-0.3, -0.25) is 0 Å². The van der Waals surface area contributed by atoms with Crippen LogP contribution in [0.4, 0.5) is 0 Å². The third-order valence-corrected chi connectivity index (χ3v) is 1.17. The Labute approximate surface area is 61.9 Å². The van der Waals surface area contributed by atoms with Gasteiger partial charge in [-0.15, -0.1) is 0 Å².